The topological polar surface area (TPSA) is 55.8 Å². The van der Waals surface area contributed by atoms with E-state index in [1.807, 2.05) is 20.8 Å². The monoisotopic (exact) mass is 388 g/mol. The van der Waals surface area contributed by atoms with E-state index in [0.29, 0.717) is 5.92 Å². The van der Waals surface area contributed by atoms with Crippen LogP contribution in [0.15, 0.2) is 0 Å². The van der Waals surface area contributed by atoms with Crippen molar-refractivity contribution in [3.8, 4) is 0 Å². The zero-order chi connectivity index (χ0) is 21.0. The van der Waals surface area contributed by atoms with E-state index in [1.165, 1.54) is 6.92 Å². The third-order valence-electron chi connectivity index (χ3n) is 5.97. The predicted molar refractivity (Wildman–Crippen MR) is 112 cm³/mol. The Bertz CT molecular complexity index is 440. The molecule has 0 amide bonds. The summed E-state index contributed by atoms with van der Waals surface area (Å²) >= 11 is 0. The molecule has 5 heteroatoms. The van der Waals surface area contributed by atoms with Gasteiger partial charge in [-0.25, -0.2) is 0 Å². The van der Waals surface area contributed by atoms with Gasteiger partial charge in [0.15, 0.2) is 8.32 Å². The molecule has 5 atom stereocenters. The van der Waals surface area contributed by atoms with E-state index in [9.17, 15) is 9.90 Å². The molecule has 0 aromatic carbocycles. The number of ether oxygens (including phenoxy) is 1. The van der Waals surface area contributed by atoms with Gasteiger partial charge in [-0.1, -0.05) is 62.3 Å². The molecule has 0 saturated carbocycles. The molecule has 0 spiro atoms. The van der Waals surface area contributed by atoms with Crippen molar-refractivity contribution in [2.45, 2.75) is 106 Å². The molecule has 0 aliphatic carbocycles. The molecule has 0 radical (unpaired) electrons. The van der Waals surface area contributed by atoms with E-state index in [2.05, 4.69) is 54.6 Å². The molecule has 0 aromatic rings. The van der Waals surface area contributed by atoms with Crippen LogP contribution in [0.1, 0.15) is 69.2 Å². The highest BCUT2D eigenvalue weighted by Gasteiger charge is 2.43. The van der Waals surface area contributed by atoms with Gasteiger partial charge < -0.3 is 14.3 Å². The van der Waals surface area contributed by atoms with Gasteiger partial charge in [0.05, 0.1) is 12.2 Å². The van der Waals surface area contributed by atoms with E-state index in [4.69, 9.17) is 9.16 Å². The van der Waals surface area contributed by atoms with Gasteiger partial charge >= 0.3 is 5.97 Å². The number of carbonyl (C=O) groups excluding carboxylic acids is 1. The van der Waals surface area contributed by atoms with Crippen molar-refractivity contribution in [2.24, 2.45) is 23.7 Å². The van der Waals surface area contributed by atoms with Crippen LogP contribution in [0.2, 0.25) is 18.1 Å². The zero-order valence-electron chi connectivity index (χ0n) is 19.2. The number of rotatable bonds is 9. The number of aliphatic hydroxyl groups is 1. The maximum atomic E-state index is 11.5. The van der Waals surface area contributed by atoms with E-state index >= 15 is 0 Å². The Morgan fingerprint density at radius 2 is 1.27 bits per heavy atom. The summed E-state index contributed by atoms with van der Waals surface area (Å²) in [6.45, 7) is 25.0. The highest BCUT2D eigenvalue weighted by Crippen LogP contribution is 2.40. The number of aliphatic hydroxyl groups excluding tert-OH is 1. The van der Waals surface area contributed by atoms with E-state index < -0.39 is 14.4 Å². The lowest BCUT2D eigenvalue weighted by Crippen LogP contribution is -2.50. The molecule has 0 aliphatic rings. The third kappa shape index (κ3) is 6.97. The second-order valence-corrected chi connectivity index (χ2v) is 14.9. The quantitative estimate of drug-likeness (QED) is 0.433. The molecule has 0 aromatic heterocycles. The van der Waals surface area contributed by atoms with Crippen molar-refractivity contribution in [3.05, 3.63) is 0 Å². The molecule has 0 aliphatic heterocycles. The van der Waals surface area contributed by atoms with Crippen LogP contribution in [0.25, 0.3) is 0 Å². The molecular formula is C21H44O4Si. The molecule has 0 bridgehead atoms. The molecule has 156 valence electrons. The average molecular weight is 389 g/mol. The number of carbonyl (C=O) groups is 1. The fourth-order valence-electron chi connectivity index (χ4n) is 3.28. The molecule has 0 heterocycles. The van der Waals surface area contributed by atoms with Crippen LogP contribution < -0.4 is 0 Å². The first kappa shape index (κ1) is 25.6. The van der Waals surface area contributed by atoms with Crippen LogP contribution in [-0.4, -0.2) is 37.7 Å². The molecule has 0 fully saturated rings. The number of hydrogen-bond donors (Lipinski definition) is 1. The van der Waals surface area contributed by atoms with Gasteiger partial charge in [-0.05, 0) is 30.0 Å². The Balaban J connectivity index is 5.45. The molecule has 0 saturated heterocycles. The van der Waals surface area contributed by atoms with Crippen molar-refractivity contribution in [1.29, 1.82) is 0 Å². The maximum Gasteiger partial charge on any atom is 0.302 e. The van der Waals surface area contributed by atoms with Crippen LogP contribution in [0.5, 0.6) is 0 Å². The van der Waals surface area contributed by atoms with Crippen molar-refractivity contribution in [1.82, 2.24) is 0 Å². The molecule has 0 rings (SSSR count). The van der Waals surface area contributed by atoms with Crippen LogP contribution >= 0.6 is 0 Å². The zero-order valence-corrected chi connectivity index (χ0v) is 20.2. The lowest BCUT2D eigenvalue weighted by molar-refractivity contribution is -0.156. The van der Waals surface area contributed by atoms with Gasteiger partial charge in [0, 0.05) is 18.8 Å². The largest absolute Gasteiger partial charge is 0.462 e. The SMILES string of the molecule is CC(=O)O[C@H](C(C)C)[C@H](C)[C@H](O)[C@H](C)[C@H](O[Si](C)(C)C(C)(C)C)C(C)C. The summed E-state index contributed by atoms with van der Waals surface area (Å²) in [4.78, 5) is 11.5. The maximum absolute atomic E-state index is 11.5. The van der Waals surface area contributed by atoms with Crippen LogP contribution in [0, 0.1) is 23.7 Å². The van der Waals surface area contributed by atoms with Crippen molar-refractivity contribution in [2.75, 3.05) is 0 Å². The molecule has 26 heavy (non-hydrogen) atoms. The fraction of sp³-hybridized carbons (Fsp3) is 0.952. The summed E-state index contributed by atoms with van der Waals surface area (Å²) in [5.41, 5.74) is 0. The molecule has 1 N–H and O–H groups in total. The van der Waals surface area contributed by atoms with Crippen molar-refractivity contribution in [3.63, 3.8) is 0 Å². The summed E-state index contributed by atoms with van der Waals surface area (Å²) in [6.07, 6.45) is -0.928. The first-order valence-electron chi connectivity index (χ1n) is 10.1. The normalized spacial score (nSPS) is 19.2. The minimum Gasteiger partial charge on any atom is -0.462 e. The summed E-state index contributed by atoms with van der Waals surface area (Å²) in [5, 5.41) is 11.2. The highest BCUT2D eigenvalue weighted by atomic mass is 28.4. The van der Waals surface area contributed by atoms with Crippen LogP contribution in [0.4, 0.5) is 0 Å². The van der Waals surface area contributed by atoms with E-state index in [1.54, 1.807) is 0 Å². The Morgan fingerprint density at radius 1 is 0.885 bits per heavy atom. The molecular weight excluding hydrogens is 344 g/mol. The first-order chi connectivity index (χ1) is 11.5. The summed E-state index contributed by atoms with van der Waals surface area (Å²) in [5.74, 6) is -0.0517. The van der Waals surface area contributed by atoms with Gasteiger partial charge in [0.2, 0.25) is 0 Å². The second-order valence-electron chi connectivity index (χ2n) is 10.1. The minimum absolute atomic E-state index is 0.0292. The molecule has 0 unspecified atom stereocenters. The van der Waals surface area contributed by atoms with Gasteiger partial charge in [0.25, 0.3) is 0 Å². The minimum atomic E-state index is -1.95. The van der Waals surface area contributed by atoms with Gasteiger partial charge in [0.1, 0.15) is 6.10 Å². The van der Waals surface area contributed by atoms with Crippen molar-refractivity contribution >= 4 is 14.3 Å². The smallest absolute Gasteiger partial charge is 0.302 e. The summed E-state index contributed by atoms with van der Waals surface area (Å²) < 4.78 is 12.2. The van der Waals surface area contributed by atoms with E-state index in [-0.39, 0.29) is 41.0 Å². The summed E-state index contributed by atoms with van der Waals surface area (Å²) in [6, 6.07) is 0. The Morgan fingerprint density at radius 3 is 1.58 bits per heavy atom. The Labute approximate surface area is 163 Å². The van der Waals surface area contributed by atoms with Crippen LogP contribution in [-0.2, 0) is 14.0 Å². The van der Waals surface area contributed by atoms with Gasteiger partial charge in [-0.15, -0.1) is 0 Å². The predicted octanol–water partition coefficient (Wildman–Crippen LogP) is 5.25. The first-order valence-corrected chi connectivity index (χ1v) is 13.0. The Hall–Kier alpha value is -0.393. The standard InChI is InChI=1S/C21H44O4Si/c1-13(2)19(24-17(7)22)15(5)18(23)16(6)20(14(3)4)25-26(11,12)21(8,9)10/h13-16,18-20,23H,1-12H3/t15-,16+,18+,19-,20-/m1/s1. The third-order valence-corrected chi connectivity index (χ3v) is 10.4. The fourth-order valence-corrected chi connectivity index (χ4v) is 4.80. The van der Waals surface area contributed by atoms with E-state index in [0.717, 1.165) is 0 Å². The van der Waals surface area contributed by atoms with Crippen LogP contribution in [0.3, 0.4) is 0 Å². The average Bonchev–Trinajstić information content (AvgIpc) is 2.46. The second kappa shape index (κ2) is 9.70. The van der Waals surface area contributed by atoms with Gasteiger partial charge in [-0.2, -0.15) is 0 Å². The Kier molecular flexibility index (Phi) is 9.55. The van der Waals surface area contributed by atoms with Gasteiger partial charge in [-0.3, -0.25) is 4.79 Å². The summed E-state index contributed by atoms with van der Waals surface area (Å²) in [7, 11) is -1.95. The number of esters is 1. The molecule has 4 nitrogen and oxygen atoms in total. The lowest BCUT2D eigenvalue weighted by Gasteiger charge is -2.44. The lowest BCUT2D eigenvalue weighted by atomic mass is 9.80. The number of hydrogen-bond acceptors (Lipinski definition) is 4. The highest BCUT2D eigenvalue weighted by molar-refractivity contribution is 6.74. The van der Waals surface area contributed by atoms with Crippen molar-refractivity contribution < 1.29 is 19.1 Å².